The predicted octanol–water partition coefficient (Wildman–Crippen LogP) is 5.09. The first kappa shape index (κ1) is 19.5. The van der Waals surface area contributed by atoms with Crippen molar-refractivity contribution in [2.24, 2.45) is 10.1 Å². The van der Waals surface area contributed by atoms with E-state index in [0.717, 1.165) is 5.56 Å². The molecular formula is C18H10ClF3N4O2S. The van der Waals surface area contributed by atoms with E-state index in [0.29, 0.717) is 21.4 Å². The van der Waals surface area contributed by atoms with E-state index < -0.39 is 23.0 Å². The van der Waals surface area contributed by atoms with Gasteiger partial charge in [-0.3, -0.25) is 10.2 Å². The van der Waals surface area contributed by atoms with Crippen molar-refractivity contribution in [2.75, 3.05) is 0 Å². The van der Waals surface area contributed by atoms with Crippen LogP contribution < -0.4 is 0 Å². The largest absolute Gasteiger partial charge is 0.457 e. The van der Waals surface area contributed by atoms with Gasteiger partial charge in [-0.05, 0) is 48.5 Å². The van der Waals surface area contributed by atoms with Gasteiger partial charge in [0, 0.05) is 10.6 Å². The number of rotatable bonds is 2. The van der Waals surface area contributed by atoms with Crippen molar-refractivity contribution in [3.63, 3.8) is 0 Å². The number of hydrazone groups is 1. The number of fused-ring (bicyclic) bond motifs is 1. The molecule has 0 atom stereocenters. The Morgan fingerprint density at radius 2 is 2.03 bits per heavy atom. The fraction of sp³-hybridized carbons (Fsp3) is 0.111. The lowest BCUT2D eigenvalue weighted by Gasteiger charge is -2.19. The molecule has 3 heterocycles. The van der Waals surface area contributed by atoms with Crippen LogP contribution in [0.15, 0.2) is 50.4 Å². The predicted molar refractivity (Wildman–Crippen MR) is 105 cm³/mol. The molecule has 0 unspecified atom stereocenters. The Labute approximate surface area is 171 Å². The standard InChI is InChI=1S/C18H10ClF3N4O2S/c1-8-2-3-9(6-12(8)19)13-5-4-10(28-13)7-11-14(23)26-17(24-15(11)27)29-16(25-26)18(20,21)22/h2-7,23H,1H3. The fourth-order valence-corrected chi connectivity index (χ4v) is 3.52. The number of nitrogens with zero attached hydrogens (tertiary/aromatic N) is 3. The van der Waals surface area contributed by atoms with Crippen LogP contribution in [0.25, 0.3) is 17.4 Å². The summed E-state index contributed by atoms with van der Waals surface area (Å²) in [7, 11) is 0. The second-order valence-corrected chi connectivity index (χ2v) is 7.45. The van der Waals surface area contributed by atoms with Crippen LogP contribution in [0.5, 0.6) is 0 Å². The lowest BCUT2D eigenvalue weighted by molar-refractivity contribution is -0.114. The Morgan fingerprint density at radius 3 is 2.72 bits per heavy atom. The topological polar surface area (TPSA) is 82.0 Å². The summed E-state index contributed by atoms with van der Waals surface area (Å²) in [6.07, 6.45) is -3.45. The van der Waals surface area contributed by atoms with Gasteiger partial charge in [0.15, 0.2) is 5.84 Å². The molecule has 29 heavy (non-hydrogen) atoms. The number of carbonyl (C=O) groups is 1. The highest BCUT2D eigenvalue weighted by Crippen LogP contribution is 2.35. The van der Waals surface area contributed by atoms with Crippen LogP contribution in [0.3, 0.4) is 0 Å². The highest BCUT2D eigenvalue weighted by Gasteiger charge is 2.46. The summed E-state index contributed by atoms with van der Waals surface area (Å²) >= 11 is 6.32. The van der Waals surface area contributed by atoms with Crippen LogP contribution in [0.2, 0.25) is 5.02 Å². The molecule has 2 aromatic rings. The van der Waals surface area contributed by atoms with Crippen molar-refractivity contribution in [1.82, 2.24) is 5.01 Å². The minimum atomic E-state index is -4.69. The number of halogens is 4. The number of carbonyl (C=O) groups excluding carboxylic acids is 1. The number of thioether (sulfide) groups is 1. The summed E-state index contributed by atoms with van der Waals surface area (Å²) in [6, 6.07) is 8.60. The molecule has 0 fully saturated rings. The average Bonchev–Trinajstić information content (AvgIpc) is 3.28. The van der Waals surface area contributed by atoms with Crippen molar-refractivity contribution in [1.29, 1.82) is 5.41 Å². The maximum absolute atomic E-state index is 12.9. The van der Waals surface area contributed by atoms with Crippen LogP contribution in [0.1, 0.15) is 11.3 Å². The minimum absolute atomic E-state index is 0.197. The Kier molecular flexibility index (Phi) is 4.62. The van der Waals surface area contributed by atoms with E-state index >= 15 is 0 Å². The van der Waals surface area contributed by atoms with E-state index in [4.69, 9.17) is 21.4 Å². The van der Waals surface area contributed by atoms with Crippen molar-refractivity contribution in [3.05, 3.63) is 52.3 Å². The fourth-order valence-electron chi connectivity index (χ4n) is 2.58. The molecule has 0 saturated heterocycles. The van der Waals surface area contributed by atoms with Gasteiger partial charge in [-0.1, -0.05) is 23.7 Å². The van der Waals surface area contributed by atoms with Gasteiger partial charge in [-0.25, -0.2) is 0 Å². The third kappa shape index (κ3) is 3.60. The maximum Gasteiger partial charge on any atom is 0.441 e. The number of aliphatic imine (C=N–C) groups is 1. The van der Waals surface area contributed by atoms with Crippen LogP contribution in [-0.2, 0) is 4.79 Å². The zero-order valence-electron chi connectivity index (χ0n) is 14.5. The first-order valence-corrected chi connectivity index (χ1v) is 9.27. The molecule has 0 saturated carbocycles. The van der Waals surface area contributed by atoms with Gasteiger partial charge in [0.1, 0.15) is 11.5 Å². The average molecular weight is 439 g/mol. The molecule has 1 aromatic heterocycles. The Hall–Kier alpha value is -2.85. The molecule has 0 radical (unpaired) electrons. The molecule has 4 rings (SSSR count). The van der Waals surface area contributed by atoms with Gasteiger partial charge in [0.2, 0.25) is 10.2 Å². The number of benzene rings is 1. The molecule has 0 bridgehead atoms. The smallest absolute Gasteiger partial charge is 0.441 e. The van der Waals surface area contributed by atoms with Crippen LogP contribution >= 0.6 is 23.4 Å². The number of hydrogen-bond donors (Lipinski definition) is 1. The molecule has 2 aliphatic heterocycles. The van der Waals surface area contributed by atoms with Gasteiger partial charge >= 0.3 is 6.18 Å². The van der Waals surface area contributed by atoms with Crippen molar-refractivity contribution >= 4 is 51.4 Å². The van der Waals surface area contributed by atoms with E-state index in [1.165, 1.54) is 6.08 Å². The summed E-state index contributed by atoms with van der Waals surface area (Å²) in [5, 5.41) is 11.2. The molecule has 1 N–H and O–H groups in total. The number of amidine groups is 2. The van der Waals surface area contributed by atoms with E-state index in [-0.39, 0.29) is 28.3 Å². The van der Waals surface area contributed by atoms with E-state index in [9.17, 15) is 18.0 Å². The van der Waals surface area contributed by atoms with Crippen molar-refractivity contribution < 1.29 is 22.4 Å². The highest BCUT2D eigenvalue weighted by molar-refractivity contribution is 8.27. The first-order valence-electron chi connectivity index (χ1n) is 8.07. The second kappa shape index (κ2) is 6.89. The number of furan rings is 1. The van der Waals surface area contributed by atoms with E-state index in [2.05, 4.69) is 10.1 Å². The molecule has 148 valence electrons. The zero-order valence-corrected chi connectivity index (χ0v) is 16.1. The number of aryl methyl sites for hydroxylation is 1. The second-order valence-electron chi connectivity index (χ2n) is 6.09. The highest BCUT2D eigenvalue weighted by atomic mass is 35.5. The molecule has 11 heteroatoms. The number of amides is 1. The van der Waals surface area contributed by atoms with E-state index in [1.807, 2.05) is 19.1 Å². The van der Waals surface area contributed by atoms with Gasteiger partial charge in [-0.2, -0.15) is 28.3 Å². The lowest BCUT2D eigenvalue weighted by Crippen LogP contribution is -2.35. The summed E-state index contributed by atoms with van der Waals surface area (Å²) in [6.45, 7) is 1.86. The van der Waals surface area contributed by atoms with Gasteiger partial charge in [0.05, 0.1) is 5.57 Å². The van der Waals surface area contributed by atoms with Crippen molar-refractivity contribution in [2.45, 2.75) is 13.1 Å². The SMILES string of the molecule is Cc1ccc(-c2ccc(C=C3C(=N)N4N=C(C(F)(F)F)SC4=NC3=O)o2)cc1Cl. The van der Waals surface area contributed by atoms with Gasteiger partial charge in [-0.15, -0.1) is 0 Å². The van der Waals surface area contributed by atoms with E-state index in [1.54, 1.807) is 18.2 Å². The first-order chi connectivity index (χ1) is 13.6. The Balaban J connectivity index is 1.65. The Morgan fingerprint density at radius 1 is 1.28 bits per heavy atom. The summed E-state index contributed by atoms with van der Waals surface area (Å²) in [4.78, 5) is 15.8. The van der Waals surface area contributed by atoms with Crippen LogP contribution in [0.4, 0.5) is 13.2 Å². The molecule has 6 nitrogen and oxygen atoms in total. The monoisotopic (exact) mass is 438 g/mol. The summed E-state index contributed by atoms with van der Waals surface area (Å²) < 4.78 is 44.3. The third-order valence-corrected chi connectivity index (χ3v) is 5.43. The normalized spacial score (nSPS) is 18.2. The lowest BCUT2D eigenvalue weighted by atomic mass is 10.1. The minimum Gasteiger partial charge on any atom is -0.457 e. The number of alkyl halides is 3. The third-order valence-electron chi connectivity index (χ3n) is 4.07. The maximum atomic E-state index is 12.9. The Bertz CT molecular complexity index is 1150. The summed E-state index contributed by atoms with van der Waals surface area (Å²) in [5.41, 5.74) is 1.39. The summed E-state index contributed by atoms with van der Waals surface area (Å²) in [5.74, 6) is -0.644. The van der Waals surface area contributed by atoms with Crippen molar-refractivity contribution in [3.8, 4) is 11.3 Å². The van der Waals surface area contributed by atoms with Crippen LogP contribution in [0, 0.1) is 12.3 Å². The molecule has 2 aliphatic rings. The number of nitrogens with one attached hydrogen (secondary N) is 1. The van der Waals surface area contributed by atoms with Gasteiger partial charge < -0.3 is 4.42 Å². The quantitative estimate of drug-likeness (QED) is 0.662. The molecule has 1 amide bonds. The molecule has 0 spiro atoms. The van der Waals surface area contributed by atoms with Crippen LogP contribution in [-0.4, -0.2) is 33.1 Å². The zero-order chi connectivity index (χ0) is 20.9. The van der Waals surface area contributed by atoms with Gasteiger partial charge in [0.25, 0.3) is 5.91 Å². The molecule has 0 aliphatic carbocycles. The number of hydrogen-bond acceptors (Lipinski definition) is 5. The molecular weight excluding hydrogens is 429 g/mol. The molecule has 1 aromatic carbocycles.